The first-order valence-electron chi connectivity index (χ1n) is 5.49. The minimum absolute atomic E-state index is 0.542. The summed E-state index contributed by atoms with van der Waals surface area (Å²) in [6, 6.07) is 0.654. The fourth-order valence-corrected chi connectivity index (χ4v) is 2.75. The van der Waals surface area contributed by atoms with Gasteiger partial charge in [0.25, 0.3) is 0 Å². The lowest BCUT2D eigenvalue weighted by molar-refractivity contribution is 0.532. The number of rotatable bonds is 2. The van der Waals surface area contributed by atoms with Crippen LogP contribution in [0.1, 0.15) is 37.3 Å². The highest BCUT2D eigenvalue weighted by molar-refractivity contribution is 6.17. The van der Waals surface area contributed by atoms with Crippen LogP contribution in [-0.4, -0.2) is 14.2 Å². The first-order chi connectivity index (χ1) is 7.40. The fourth-order valence-electron chi connectivity index (χ4n) is 2.56. The lowest BCUT2D eigenvalue weighted by atomic mass is 10.2. The number of hydrogen-bond donors (Lipinski definition) is 0. The zero-order chi connectivity index (χ0) is 10.3. The maximum Gasteiger partial charge on any atom is 0.140 e. The van der Waals surface area contributed by atoms with E-state index in [1.54, 1.807) is 0 Å². The molecular weight excluding hydrogens is 210 g/mol. The largest absolute Gasteiger partial charge is 0.328 e. The van der Waals surface area contributed by atoms with Crippen LogP contribution in [0, 0.1) is 0 Å². The molecule has 2 aromatic rings. The number of nitrogens with zero attached hydrogens (tertiary/aromatic N) is 3. The van der Waals surface area contributed by atoms with E-state index < -0.39 is 0 Å². The van der Waals surface area contributed by atoms with Gasteiger partial charge >= 0.3 is 0 Å². The molecule has 2 heterocycles. The van der Waals surface area contributed by atoms with Crippen LogP contribution in [0.4, 0.5) is 0 Å². The number of fused-ring (bicyclic) bond motifs is 1. The van der Waals surface area contributed by atoms with Gasteiger partial charge in [-0.25, -0.2) is 4.52 Å². The molecule has 80 valence electrons. The van der Waals surface area contributed by atoms with E-state index in [1.165, 1.54) is 31.3 Å². The molecule has 0 bridgehead atoms. The molecule has 1 aliphatic rings. The Hall–Kier alpha value is -0.960. The smallest absolute Gasteiger partial charge is 0.140 e. The van der Waals surface area contributed by atoms with Crippen molar-refractivity contribution in [1.82, 2.24) is 14.2 Å². The number of imidazole rings is 1. The normalized spacial score (nSPS) is 17.9. The van der Waals surface area contributed by atoms with Crippen molar-refractivity contribution < 1.29 is 0 Å². The Morgan fingerprint density at radius 2 is 2.13 bits per heavy atom. The zero-order valence-electron chi connectivity index (χ0n) is 8.56. The molecule has 3 rings (SSSR count). The molecule has 0 unspecified atom stereocenters. The number of alkyl halides is 1. The van der Waals surface area contributed by atoms with Crippen LogP contribution in [0.25, 0.3) is 5.65 Å². The van der Waals surface area contributed by atoms with Crippen molar-refractivity contribution in [3.05, 3.63) is 24.2 Å². The monoisotopic (exact) mass is 223 g/mol. The molecule has 0 saturated heterocycles. The second-order valence-corrected chi connectivity index (χ2v) is 4.48. The van der Waals surface area contributed by atoms with Gasteiger partial charge in [0, 0.05) is 24.0 Å². The van der Waals surface area contributed by atoms with Gasteiger partial charge in [-0.05, 0) is 12.8 Å². The highest BCUT2D eigenvalue weighted by Crippen LogP contribution is 2.31. The summed E-state index contributed by atoms with van der Waals surface area (Å²) < 4.78 is 4.27. The molecule has 0 aromatic carbocycles. The summed E-state index contributed by atoms with van der Waals surface area (Å²) in [6.07, 6.45) is 11.3. The molecule has 0 spiro atoms. The minimum Gasteiger partial charge on any atom is -0.328 e. The van der Waals surface area contributed by atoms with Crippen LogP contribution in [0.15, 0.2) is 18.6 Å². The van der Waals surface area contributed by atoms with E-state index in [-0.39, 0.29) is 0 Å². The third-order valence-corrected chi connectivity index (χ3v) is 3.61. The van der Waals surface area contributed by atoms with Crippen molar-refractivity contribution in [2.24, 2.45) is 0 Å². The van der Waals surface area contributed by atoms with Crippen molar-refractivity contribution in [1.29, 1.82) is 0 Å². The maximum atomic E-state index is 5.92. The summed E-state index contributed by atoms with van der Waals surface area (Å²) in [6.45, 7) is 0. The Bertz CT molecular complexity index is 465. The van der Waals surface area contributed by atoms with Crippen molar-refractivity contribution >= 4 is 17.2 Å². The molecule has 0 aliphatic heterocycles. The second-order valence-electron chi connectivity index (χ2n) is 4.22. The minimum atomic E-state index is 0.542. The molecule has 1 saturated carbocycles. The third-order valence-electron chi connectivity index (χ3n) is 3.32. The van der Waals surface area contributed by atoms with Gasteiger partial charge in [0.1, 0.15) is 5.65 Å². The van der Waals surface area contributed by atoms with Crippen molar-refractivity contribution in [3.8, 4) is 0 Å². The van der Waals surface area contributed by atoms with Gasteiger partial charge in [0.2, 0.25) is 0 Å². The Balaban J connectivity index is 2.12. The summed E-state index contributed by atoms with van der Waals surface area (Å²) >= 11 is 5.92. The standard InChI is InChI=1S/C11H14ClN3/c12-7-9-8-13-15-6-5-14(11(9)15)10-3-1-2-4-10/h5-6,8,10H,1-4,7H2. The predicted octanol–water partition coefficient (Wildman–Crippen LogP) is 2.99. The Labute approximate surface area is 93.6 Å². The molecule has 1 fully saturated rings. The lowest BCUT2D eigenvalue weighted by Crippen LogP contribution is -2.04. The molecule has 0 atom stereocenters. The Morgan fingerprint density at radius 3 is 2.87 bits per heavy atom. The van der Waals surface area contributed by atoms with E-state index >= 15 is 0 Å². The predicted molar refractivity (Wildman–Crippen MR) is 60.2 cm³/mol. The Morgan fingerprint density at radius 1 is 1.33 bits per heavy atom. The molecule has 0 N–H and O–H groups in total. The highest BCUT2D eigenvalue weighted by Gasteiger charge is 2.19. The van der Waals surface area contributed by atoms with Gasteiger partial charge in [0.15, 0.2) is 0 Å². The summed E-state index contributed by atoms with van der Waals surface area (Å²) in [7, 11) is 0. The SMILES string of the molecule is ClCc1cnn2ccn(C3CCCC3)c12. The first-order valence-corrected chi connectivity index (χ1v) is 6.02. The van der Waals surface area contributed by atoms with Crippen LogP contribution in [0.5, 0.6) is 0 Å². The average Bonchev–Trinajstić information content (AvgIpc) is 2.94. The number of halogens is 1. The summed E-state index contributed by atoms with van der Waals surface area (Å²) in [5, 5.41) is 4.29. The average molecular weight is 224 g/mol. The van der Waals surface area contributed by atoms with Crippen LogP contribution in [0.3, 0.4) is 0 Å². The topological polar surface area (TPSA) is 22.2 Å². The quantitative estimate of drug-likeness (QED) is 0.718. The van der Waals surface area contributed by atoms with Crippen LogP contribution < -0.4 is 0 Å². The summed E-state index contributed by atoms with van der Waals surface area (Å²) in [5.41, 5.74) is 2.31. The van der Waals surface area contributed by atoms with Gasteiger partial charge < -0.3 is 4.57 Å². The second kappa shape index (κ2) is 3.56. The van der Waals surface area contributed by atoms with Crippen LogP contribution in [0.2, 0.25) is 0 Å². The number of hydrogen-bond acceptors (Lipinski definition) is 1. The molecule has 0 radical (unpaired) electrons. The van der Waals surface area contributed by atoms with E-state index in [1.807, 2.05) is 16.9 Å². The molecule has 1 aliphatic carbocycles. The fraction of sp³-hybridized carbons (Fsp3) is 0.545. The summed E-state index contributed by atoms with van der Waals surface area (Å²) in [5.74, 6) is 0.542. The van der Waals surface area contributed by atoms with Crippen molar-refractivity contribution in [2.75, 3.05) is 0 Å². The molecular formula is C11H14ClN3. The summed E-state index contributed by atoms with van der Waals surface area (Å²) in [4.78, 5) is 0. The third kappa shape index (κ3) is 1.37. The molecule has 4 heteroatoms. The van der Waals surface area contributed by atoms with E-state index in [9.17, 15) is 0 Å². The van der Waals surface area contributed by atoms with Gasteiger partial charge in [0.05, 0.1) is 12.1 Å². The molecule has 2 aromatic heterocycles. The molecule has 3 nitrogen and oxygen atoms in total. The first kappa shape index (κ1) is 9.28. The van der Waals surface area contributed by atoms with Crippen LogP contribution >= 0.6 is 11.6 Å². The zero-order valence-corrected chi connectivity index (χ0v) is 9.32. The molecule has 15 heavy (non-hydrogen) atoms. The van der Waals surface area contributed by atoms with E-state index in [0.717, 1.165) is 5.56 Å². The van der Waals surface area contributed by atoms with Gasteiger partial charge in [-0.15, -0.1) is 11.6 Å². The van der Waals surface area contributed by atoms with E-state index in [2.05, 4.69) is 15.9 Å². The maximum absolute atomic E-state index is 5.92. The van der Waals surface area contributed by atoms with Gasteiger partial charge in [-0.3, -0.25) is 0 Å². The van der Waals surface area contributed by atoms with E-state index in [4.69, 9.17) is 11.6 Å². The van der Waals surface area contributed by atoms with Crippen molar-refractivity contribution in [3.63, 3.8) is 0 Å². The van der Waals surface area contributed by atoms with Crippen molar-refractivity contribution in [2.45, 2.75) is 37.6 Å². The van der Waals surface area contributed by atoms with Gasteiger partial charge in [-0.1, -0.05) is 12.8 Å². The lowest BCUT2D eigenvalue weighted by Gasteiger charge is -2.12. The van der Waals surface area contributed by atoms with Gasteiger partial charge in [-0.2, -0.15) is 5.10 Å². The van der Waals surface area contributed by atoms with Crippen LogP contribution in [-0.2, 0) is 5.88 Å². The Kier molecular flexibility index (Phi) is 2.20. The highest BCUT2D eigenvalue weighted by atomic mass is 35.5. The number of aromatic nitrogens is 3. The molecule has 0 amide bonds. The van der Waals surface area contributed by atoms with E-state index in [0.29, 0.717) is 11.9 Å².